The van der Waals surface area contributed by atoms with Crippen molar-refractivity contribution < 1.29 is 5.11 Å². The van der Waals surface area contributed by atoms with Crippen molar-refractivity contribution in [3.63, 3.8) is 0 Å². The number of rotatable bonds is 5. The van der Waals surface area contributed by atoms with Crippen LogP contribution in [-0.2, 0) is 6.42 Å². The van der Waals surface area contributed by atoms with Gasteiger partial charge in [0.1, 0.15) is 0 Å². The normalized spacial score (nSPS) is 14.8. The molecule has 0 fully saturated rings. The highest BCUT2D eigenvalue weighted by Gasteiger charge is 2.08. The summed E-state index contributed by atoms with van der Waals surface area (Å²) >= 11 is 0. The van der Waals surface area contributed by atoms with Crippen molar-refractivity contribution in [3.05, 3.63) is 34.9 Å². The quantitative estimate of drug-likeness (QED) is 0.803. The van der Waals surface area contributed by atoms with Crippen molar-refractivity contribution in [1.82, 2.24) is 0 Å². The number of aliphatic hydroxyl groups excluding tert-OH is 1. The van der Waals surface area contributed by atoms with Crippen molar-refractivity contribution in [2.75, 3.05) is 0 Å². The Hall–Kier alpha value is -0.820. The predicted molar refractivity (Wildman–Crippen MR) is 69.7 cm³/mol. The van der Waals surface area contributed by atoms with E-state index in [0.29, 0.717) is 5.92 Å². The first kappa shape index (κ1) is 13.2. The van der Waals surface area contributed by atoms with Gasteiger partial charge < -0.3 is 5.11 Å². The van der Waals surface area contributed by atoms with E-state index >= 15 is 0 Å². The summed E-state index contributed by atoms with van der Waals surface area (Å²) in [7, 11) is 0. The maximum Gasteiger partial charge on any atom is 0.0537 e. The van der Waals surface area contributed by atoms with Crippen LogP contribution in [0.2, 0.25) is 0 Å². The van der Waals surface area contributed by atoms with Crippen molar-refractivity contribution in [2.24, 2.45) is 5.92 Å². The van der Waals surface area contributed by atoms with E-state index in [9.17, 15) is 5.11 Å². The standard InChI is InChI=1S/C15H24O/c1-11-7-5-9-15(13(11)3)10-6-8-12(2)14(4)16/h5,7,9,12,14,16H,6,8,10H2,1-4H3. The fourth-order valence-corrected chi connectivity index (χ4v) is 1.94. The van der Waals surface area contributed by atoms with Crippen LogP contribution in [0.15, 0.2) is 18.2 Å². The van der Waals surface area contributed by atoms with Crippen LogP contribution in [0.25, 0.3) is 0 Å². The number of hydrogen-bond donors (Lipinski definition) is 1. The molecule has 1 N–H and O–H groups in total. The Morgan fingerprint density at radius 1 is 1.19 bits per heavy atom. The summed E-state index contributed by atoms with van der Waals surface area (Å²) in [6.45, 7) is 8.36. The summed E-state index contributed by atoms with van der Waals surface area (Å²) in [4.78, 5) is 0. The summed E-state index contributed by atoms with van der Waals surface area (Å²) in [5, 5.41) is 9.42. The molecule has 0 heterocycles. The van der Waals surface area contributed by atoms with E-state index in [1.165, 1.54) is 16.7 Å². The van der Waals surface area contributed by atoms with E-state index in [4.69, 9.17) is 0 Å². The van der Waals surface area contributed by atoms with Crippen LogP contribution in [0, 0.1) is 19.8 Å². The summed E-state index contributed by atoms with van der Waals surface area (Å²) in [5.74, 6) is 0.408. The molecule has 1 heteroatoms. The van der Waals surface area contributed by atoms with Gasteiger partial charge in [-0.05, 0) is 62.6 Å². The molecule has 0 amide bonds. The lowest BCUT2D eigenvalue weighted by Crippen LogP contribution is -2.13. The van der Waals surface area contributed by atoms with Crippen LogP contribution in [0.5, 0.6) is 0 Å². The van der Waals surface area contributed by atoms with E-state index in [-0.39, 0.29) is 6.10 Å². The first-order valence-electron chi connectivity index (χ1n) is 6.25. The lowest BCUT2D eigenvalue weighted by Gasteiger charge is -2.14. The molecule has 2 unspecified atom stereocenters. The second-order valence-corrected chi connectivity index (χ2v) is 4.97. The Labute approximate surface area is 99.5 Å². The second-order valence-electron chi connectivity index (χ2n) is 4.97. The van der Waals surface area contributed by atoms with Crippen LogP contribution in [-0.4, -0.2) is 11.2 Å². The highest BCUT2D eigenvalue weighted by atomic mass is 16.3. The molecule has 0 spiro atoms. The fourth-order valence-electron chi connectivity index (χ4n) is 1.94. The number of aliphatic hydroxyl groups is 1. The highest BCUT2D eigenvalue weighted by molar-refractivity contribution is 5.33. The first-order valence-corrected chi connectivity index (χ1v) is 6.25. The largest absolute Gasteiger partial charge is 0.393 e. The molecule has 0 aliphatic carbocycles. The summed E-state index contributed by atoms with van der Waals surface area (Å²) in [6, 6.07) is 6.52. The number of benzene rings is 1. The minimum absolute atomic E-state index is 0.182. The van der Waals surface area contributed by atoms with Gasteiger partial charge in [-0.3, -0.25) is 0 Å². The highest BCUT2D eigenvalue weighted by Crippen LogP contribution is 2.17. The van der Waals surface area contributed by atoms with Crippen LogP contribution < -0.4 is 0 Å². The average molecular weight is 220 g/mol. The van der Waals surface area contributed by atoms with Gasteiger partial charge in [-0.25, -0.2) is 0 Å². The molecule has 1 nitrogen and oxygen atoms in total. The summed E-state index contributed by atoms with van der Waals surface area (Å²) in [6.07, 6.45) is 3.21. The Morgan fingerprint density at radius 2 is 1.88 bits per heavy atom. The molecule has 0 saturated heterocycles. The Balaban J connectivity index is 2.46. The summed E-state index contributed by atoms with van der Waals surface area (Å²) < 4.78 is 0. The number of aryl methyl sites for hydroxylation is 2. The molecule has 0 saturated carbocycles. The number of hydrogen-bond acceptors (Lipinski definition) is 1. The van der Waals surface area contributed by atoms with Gasteiger partial charge in [0.05, 0.1) is 6.10 Å². The zero-order valence-electron chi connectivity index (χ0n) is 11.0. The van der Waals surface area contributed by atoms with Crippen LogP contribution in [0.4, 0.5) is 0 Å². The minimum Gasteiger partial charge on any atom is -0.393 e. The molecule has 0 aliphatic heterocycles. The molecule has 1 rings (SSSR count). The van der Waals surface area contributed by atoms with Crippen LogP contribution in [0.3, 0.4) is 0 Å². The minimum atomic E-state index is -0.182. The molecule has 0 aliphatic rings. The van der Waals surface area contributed by atoms with E-state index in [1.54, 1.807) is 0 Å². The molecular formula is C15H24O. The molecular weight excluding hydrogens is 196 g/mol. The third-order valence-corrected chi connectivity index (χ3v) is 3.65. The molecule has 16 heavy (non-hydrogen) atoms. The molecule has 90 valence electrons. The van der Waals surface area contributed by atoms with Gasteiger partial charge in [-0.2, -0.15) is 0 Å². The van der Waals surface area contributed by atoms with Crippen molar-refractivity contribution in [2.45, 2.75) is 53.1 Å². The third-order valence-electron chi connectivity index (χ3n) is 3.65. The van der Waals surface area contributed by atoms with Gasteiger partial charge in [-0.1, -0.05) is 25.1 Å². The molecule has 0 radical (unpaired) electrons. The van der Waals surface area contributed by atoms with Gasteiger partial charge in [0.25, 0.3) is 0 Å². The topological polar surface area (TPSA) is 20.2 Å². The lowest BCUT2D eigenvalue weighted by atomic mass is 9.94. The van der Waals surface area contributed by atoms with Gasteiger partial charge in [0.15, 0.2) is 0 Å². The van der Waals surface area contributed by atoms with E-state index < -0.39 is 0 Å². The zero-order chi connectivity index (χ0) is 12.1. The zero-order valence-corrected chi connectivity index (χ0v) is 11.0. The van der Waals surface area contributed by atoms with Crippen LogP contribution >= 0.6 is 0 Å². The second kappa shape index (κ2) is 6.05. The van der Waals surface area contributed by atoms with Crippen LogP contribution in [0.1, 0.15) is 43.4 Å². The van der Waals surface area contributed by atoms with Crippen molar-refractivity contribution in [1.29, 1.82) is 0 Å². The smallest absolute Gasteiger partial charge is 0.0537 e. The van der Waals surface area contributed by atoms with E-state index in [1.807, 2.05) is 6.92 Å². The molecule has 2 atom stereocenters. The first-order chi connectivity index (χ1) is 7.52. The Morgan fingerprint density at radius 3 is 2.50 bits per heavy atom. The predicted octanol–water partition coefficient (Wildman–Crippen LogP) is 3.64. The molecule has 0 bridgehead atoms. The maximum atomic E-state index is 9.42. The Kier molecular flexibility index (Phi) is 5.01. The SMILES string of the molecule is Cc1cccc(CCCC(C)C(C)O)c1C. The average Bonchev–Trinajstić information content (AvgIpc) is 2.24. The molecule has 1 aromatic rings. The lowest BCUT2D eigenvalue weighted by molar-refractivity contribution is 0.129. The molecule has 1 aromatic carbocycles. The van der Waals surface area contributed by atoms with Gasteiger partial charge in [0.2, 0.25) is 0 Å². The van der Waals surface area contributed by atoms with Gasteiger partial charge in [-0.15, -0.1) is 0 Å². The fraction of sp³-hybridized carbons (Fsp3) is 0.600. The van der Waals surface area contributed by atoms with E-state index in [2.05, 4.69) is 39.0 Å². The van der Waals surface area contributed by atoms with Gasteiger partial charge in [0, 0.05) is 0 Å². The van der Waals surface area contributed by atoms with E-state index in [0.717, 1.165) is 19.3 Å². The maximum absolute atomic E-state index is 9.42. The Bertz CT molecular complexity index is 328. The van der Waals surface area contributed by atoms with Gasteiger partial charge >= 0.3 is 0 Å². The van der Waals surface area contributed by atoms with Crippen molar-refractivity contribution >= 4 is 0 Å². The summed E-state index contributed by atoms with van der Waals surface area (Å²) in [5.41, 5.74) is 4.26. The monoisotopic (exact) mass is 220 g/mol. The molecule has 0 aromatic heterocycles. The van der Waals surface area contributed by atoms with Crippen molar-refractivity contribution in [3.8, 4) is 0 Å². The third kappa shape index (κ3) is 3.64.